The lowest BCUT2D eigenvalue weighted by molar-refractivity contribution is -0.384. The first kappa shape index (κ1) is 18.2. The Hall–Kier alpha value is -3.20. The molecule has 144 valence electrons. The van der Waals surface area contributed by atoms with E-state index in [2.05, 4.69) is 30.9 Å². The van der Waals surface area contributed by atoms with Gasteiger partial charge in [0.25, 0.3) is 5.95 Å². The van der Waals surface area contributed by atoms with E-state index >= 15 is 0 Å². The van der Waals surface area contributed by atoms with Gasteiger partial charge in [-0.25, -0.2) is 4.98 Å². The van der Waals surface area contributed by atoms with Crippen LogP contribution in [0.1, 0.15) is 5.69 Å². The molecule has 0 saturated carbocycles. The van der Waals surface area contributed by atoms with E-state index < -0.39 is 4.92 Å². The maximum absolute atomic E-state index is 10.9. The summed E-state index contributed by atoms with van der Waals surface area (Å²) in [6, 6.07) is 9.75. The maximum atomic E-state index is 10.9. The first-order chi connectivity index (χ1) is 13.5. The van der Waals surface area contributed by atoms with Gasteiger partial charge >= 0.3 is 5.69 Å². The highest BCUT2D eigenvalue weighted by molar-refractivity contribution is 6.30. The normalized spacial score (nSPS) is 14.4. The molecule has 0 aliphatic carbocycles. The third kappa shape index (κ3) is 3.74. The molecule has 28 heavy (non-hydrogen) atoms. The second kappa shape index (κ2) is 7.43. The smallest absolute Gasteiger partial charge is 0.307 e. The standard InChI is InChI=1S/C18H18ClN7O2/c1-13-9-17(22-18(21-13)25-12-16(11-20-25)26(27)28)24-7-5-23(6-8-24)15-4-2-3-14(19)10-15/h2-4,9-12H,5-8H2,1H3. The molecule has 4 rings (SSSR count). The molecule has 1 fully saturated rings. The second-order valence-electron chi connectivity index (χ2n) is 6.52. The SMILES string of the molecule is Cc1cc(N2CCN(c3cccc(Cl)c3)CC2)nc(-n2cc([N+](=O)[O-])cn2)n1. The largest absolute Gasteiger partial charge is 0.368 e. The quantitative estimate of drug-likeness (QED) is 0.491. The number of hydrogen-bond donors (Lipinski definition) is 0. The Morgan fingerprint density at radius 2 is 1.86 bits per heavy atom. The van der Waals surface area contributed by atoms with E-state index in [1.54, 1.807) is 0 Å². The Balaban J connectivity index is 1.52. The maximum Gasteiger partial charge on any atom is 0.307 e. The zero-order valence-electron chi connectivity index (χ0n) is 15.2. The average molecular weight is 400 g/mol. The Bertz CT molecular complexity index is 1010. The Labute approximate surface area is 166 Å². The summed E-state index contributed by atoms with van der Waals surface area (Å²) in [5.41, 5.74) is 1.78. The third-order valence-electron chi connectivity index (χ3n) is 4.59. The fourth-order valence-electron chi connectivity index (χ4n) is 3.18. The van der Waals surface area contributed by atoms with Crippen molar-refractivity contribution in [2.45, 2.75) is 6.92 Å². The molecule has 9 nitrogen and oxygen atoms in total. The number of anilines is 2. The number of halogens is 1. The van der Waals surface area contributed by atoms with Gasteiger partial charge in [0.15, 0.2) is 0 Å². The third-order valence-corrected chi connectivity index (χ3v) is 4.83. The summed E-state index contributed by atoms with van der Waals surface area (Å²) in [7, 11) is 0. The molecule has 0 radical (unpaired) electrons. The van der Waals surface area contributed by atoms with Crippen molar-refractivity contribution in [2.24, 2.45) is 0 Å². The van der Waals surface area contributed by atoms with Crippen molar-refractivity contribution in [1.82, 2.24) is 19.7 Å². The number of aromatic nitrogens is 4. The summed E-state index contributed by atoms with van der Waals surface area (Å²) < 4.78 is 1.33. The molecule has 0 bridgehead atoms. The van der Waals surface area contributed by atoms with Gasteiger partial charge in [-0.05, 0) is 25.1 Å². The van der Waals surface area contributed by atoms with Crippen molar-refractivity contribution in [3.63, 3.8) is 0 Å². The predicted octanol–water partition coefficient (Wildman–Crippen LogP) is 2.86. The fraction of sp³-hybridized carbons (Fsp3) is 0.278. The molecule has 1 aromatic carbocycles. The summed E-state index contributed by atoms with van der Waals surface area (Å²) in [5, 5.41) is 15.6. The minimum absolute atomic E-state index is 0.0956. The molecule has 10 heteroatoms. The minimum atomic E-state index is -0.491. The molecular formula is C18H18ClN7O2. The van der Waals surface area contributed by atoms with Crippen LogP contribution in [0.25, 0.3) is 5.95 Å². The second-order valence-corrected chi connectivity index (χ2v) is 6.96. The number of nitrogens with zero attached hydrogens (tertiary/aromatic N) is 7. The minimum Gasteiger partial charge on any atom is -0.368 e. The van der Waals surface area contributed by atoms with Crippen LogP contribution in [-0.4, -0.2) is 50.9 Å². The van der Waals surface area contributed by atoms with Crippen LogP contribution < -0.4 is 9.80 Å². The molecule has 1 saturated heterocycles. The number of nitro groups is 1. The van der Waals surface area contributed by atoms with E-state index in [9.17, 15) is 10.1 Å². The molecule has 0 N–H and O–H groups in total. The van der Waals surface area contributed by atoms with Crippen LogP contribution in [-0.2, 0) is 0 Å². The van der Waals surface area contributed by atoms with E-state index in [1.807, 2.05) is 31.2 Å². The van der Waals surface area contributed by atoms with E-state index in [-0.39, 0.29) is 5.69 Å². The van der Waals surface area contributed by atoms with Crippen LogP contribution in [0.5, 0.6) is 0 Å². The lowest BCUT2D eigenvalue weighted by Crippen LogP contribution is -2.47. The van der Waals surface area contributed by atoms with Gasteiger partial charge in [-0.15, -0.1) is 0 Å². The van der Waals surface area contributed by atoms with Gasteiger partial charge in [-0.2, -0.15) is 14.8 Å². The van der Waals surface area contributed by atoms with Crippen molar-refractivity contribution in [2.75, 3.05) is 36.0 Å². The van der Waals surface area contributed by atoms with Crippen molar-refractivity contribution in [1.29, 1.82) is 0 Å². The molecule has 0 unspecified atom stereocenters. The topological polar surface area (TPSA) is 93.2 Å². The van der Waals surface area contributed by atoms with Crippen LogP contribution in [0.2, 0.25) is 5.02 Å². The van der Waals surface area contributed by atoms with Crippen molar-refractivity contribution < 1.29 is 4.92 Å². The van der Waals surface area contributed by atoms with E-state index in [0.29, 0.717) is 5.95 Å². The Morgan fingerprint density at radius 1 is 1.11 bits per heavy atom. The summed E-state index contributed by atoms with van der Waals surface area (Å²) in [4.78, 5) is 23.8. The summed E-state index contributed by atoms with van der Waals surface area (Å²) in [5.74, 6) is 1.10. The lowest BCUT2D eigenvalue weighted by atomic mass is 10.2. The number of hydrogen-bond acceptors (Lipinski definition) is 7. The molecule has 3 heterocycles. The van der Waals surface area contributed by atoms with E-state index in [0.717, 1.165) is 48.4 Å². The van der Waals surface area contributed by atoms with E-state index in [4.69, 9.17) is 11.6 Å². The van der Waals surface area contributed by atoms with Crippen molar-refractivity contribution >= 4 is 28.8 Å². The number of rotatable bonds is 4. The zero-order chi connectivity index (χ0) is 19.7. The molecule has 1 aliphatic heterocycles. The molecular weight excluding hydrogens is 382 g/mol. The van der Waals surface area contributed by atoms with Crippen LogP contribution in [0, 0.1) is 17.0 Å². The van der Waals surface area contributed by atoms with Gasteiger partial charge in [0, 0.05) is 48.6 Å². The van der Waals surface area contributed by atoms with Crippen LogP contribution in [0.15, 0.2) is 42.7 Å². The number of piperazine rings is 1. The van der Waals surface area contributed by atoms with Crippen LogP contribution in [0.3, 0.4) is 0 Å². The highest BCUT2D eigenvalue weighted by atomic mass is 35.5. The van der Waals surface area contributed by atoms with Gasteiger partial charge in [-0.1, -0.05) is 17.7 Å². The fourth-order valence-corrected chi connectivity index (χ4v) is 3.37. The first-order valence-corrected chi connectivity index (χ1v) is 9.18. The van der Waals surface area contributed by atoms with Gasteiger partial charge in [-0.3, -0.25) is 10.1 Å². The van der Waals surface area contributed by atoms with Crippen molar-refractivity contribution in [3.8, 4) is 5.95 Å². The summed E-state index contributed by atoms with van der Waals surface area (Å²) in [6.45, 7) is 5.13. The first-order valence-electron chi connectivity index (χ1n) is 8.80. The molecule has 1 aliphatic rings. The van der Waals surface area contributed by atoms with Crippen LogP contribution in [0.4, 0.5) is 17.2 Å². The highest BCUT2D eigenvalue weighted by Crippen LogP contribution is 2.23. The number of aryl methyl sites for hydroxylation is 1. The van der Waals surface area contributed by atoms with Gasteiger partial charge in [0.2, 0.25) is 0 Å². The van der Waals surface area contributed by atoms with Crippen molar-refractivity contribution in [3.05, 3.63) is 63.6 Å². The van der Waals surface area contributed by atoms with Gasteiger partial charge in [0.1, 0.15) is 18.2 Å². The molecule has 2 aromatic heterocycles. The van der Waals surface area contributed by atoms with E-state index in [1.165, 1.54) is 17.1 Å². The average Bonchev–Trinajstić information content (AvgIpc) is 3.18. The molecule has 3 aromatic rings. The molecule has 0 atom stereocenters. The molecule has 0 spiro atoms. The van der Waals surface area contributed by atoms with Gasteiger partial charge in [0.05, 0.1) is 4.92 Å². The zero-order valence-corrected chi connectivity index (χ0v) is 16.0. The van der Waals surface area contributed by atoms with Crippen LogP contribution >= 0.6 is 11.6 Å². The monoisotopic (exact) mass is 399 g/mol. The highest BCUT2D eigenvalue weighted by Gasteiger charge is 2.20. The number of benzene rings is 1. The molecule has 0 amide bonds. The predicted molar refractivity (Wildman–Crippen MR) is 106 cm³/mol. The summed E-state index contributed by atoms with van der Waals surface area (Å²) in [6.07, 6.45) is 2.50. The lowest BCUT2D eigenvalue weighted by Gasteiger charge is -2.36. The van der Waals surface area contributed by atoms with Gasteiger partial charge < -0.3 is 9.80 Å². The Kier molecular flexibility index (Phi) is 4.82. The Morgan fingerprint density at radius 3 is 2.54 bits per heavy atom. The summed E-state index contributed by atoms with van der Waals surface area (Å²) >= 11 is 6.10.